The number of carbonyl (C=O) groups excluding carboxylic acids is 2. The van der Waals surface area contributed by atoms with Gasteiger partial charge in [-0.1, -0.05) is 23.2 Å². The van der Waals surface area contributed by atoms with Crippen LogP contribution in [-0.2, 0) is 9.53 Å². The summed E-state index contributed by atoms with van der Waals surface area (Å²) >= 11 is 12.3. The first-order valence-corrected chi connectivity index (χ1v) is 12.2. The minimum absolute atomic E-state index is 0.0347. The average molecular weight is 539 g/mol. The molecule has 2 aromatic carbocycles. The van der Waals surface area contributed by atoms with Gasteiger partial charge in [-0.25, -0.2) is 4.79 Å². The number of ether oxygens (including phenoxy) is 3. The van der Waals surface area contributed by atoms with Crippen molar-refractivity contribution < 1.29 is 33.7 Å². The summed E-state index contributed by atoms with van der Waals surface area (Å²) in [6, 6.07) is 9.49. The molecule has 0 radical (unpaired) electrons. The third kappa shape index (κ3) is 7.18. The summed E-state index contributed by atoms with van der Waals surface area (Å²) in [6.07, 6.45) is -0.808. The Kier molecular flexibility index (Phi) is 9.66. The third-order valence-electron chi connectivity index (χ3n) is 5.65. The molecule has 1 aliphatic heterocycles. The quantitative estimate of drug-likeness (QED) is 0.358. The van der Waals surface area contributed by atoms with Crippen molar-refractivity contribution in [2.45, 2.75) is 26.3 Å². The molecule has 3 rings (SSSR count). The number of hydrogen-bond donors (Lipinski definition) is 2. The van der Waals surface area contributed by atoms with Gasteiger partial charge in [-0.15, -0.1) is 0 Å². The van der Waals surface area contributed by atoms with Gasteiger partial charge < -0.3 is 29.5 Å². The van der Waals surface area contributed by atoms with Gasteiger partial charge in [-0.3, -0.25) is 9.59 Å². The molecular weight excluding hydrogens is 511 g/mol. The number of likely N-dealkylation sites (tertiary alicyclic amines) is 1. The molecule has 0 bridgehead atoms. The summed E-state index contributed by atoms with van der Waals surface area (Å²) in [4.78, 5) is 37.6. The van der Waals surface area contributed by atoms with E-state index in [1.165, 1.54) is 0 Å². The van der Waals surface area contributed by atoms with E-state index in [-0.39, 0.29) is 38.8 Å². The molecule has 11 heteroatoms. The predicted octanol–water partition coefficient (Wildman–Crippen LogP) is 4.42. The Hall–Kier alpha value is -3.17. The van der Waals surface area contributed by atoms with Crippen LogP contribution < -0.4 is 14.8 Å². The van der Waals surface area contributed by atoms with Crippen molar-refractivity contribution in [2.24, 2.45) is 5.92 Å². The second kappa shape index (κ2) is 12.7. The summed E-state index contributed by atoms with van der Waals surface area (Å²) < 4.78 is 16.4. The topological polar surface area (TPSA) is 114 Å². The first-order chi connectivity index (χ1) is 17.2. The monoisotopic (exact) mass is 538 g/mol. The van der Waals surface area contributed by atoms with Crippen molar-refractivity contribution in [3.8, 4) is 11.5 Å². The van der Waals surface area contributed by atoms with E-state index in [0.717, 1.165) is 10.5 Å². The summed E-state index contributed by atoms with van der Waals surface area (Å²) in [5, 5.41) is 13.0. The SMILES string of the molecule is CCOC(=O)C1CN(C(=O)O)CCC1NC(=O)c1ccc(OCCOc2c(Cl)cc(C)cc2Cl)cc1. The number of benzene rings is 2. The van der Waals surface area contributed by atoms with Crippen molar-refractivity contribution in [3.63, 3.8) is 0 Å². The van der Waals surface area contributed by atoms with Crippen LogP contribution in [0.4, 0.5) is 4.79 Å². The van der Waals surface area contributed by atoms with Gasteiger partial charge in [0.2, 0.25) is 0 Å². The lowest BCUT2D eigenvalue weighted by molar-refractivity contribution is -0.150. The number of carboxylic acid groups (broad SMARTS) is 1. The van der Waals surface area contributed by atoms with Crippen LogP contribution in [0.3, 0.4) is 0 Å². The van der Waals surface area contributed by atoms with Gasteiger partial charge in [0.15, 0.2) is 5.75 Å². The first kappa shape index (κ1) is 27.4. The largest absolute Gasteiger partial charge is 0.490 e. The molecule has 9 nitrogen and oxygen atoms in total. The molecule has 0 aromatic heterocycles. The zero-order chi connectivity index (χ0) is 26.2. The van der Waals surface area contributed by atoms with Crippen LogP contribution in [0.25, 0.3) is 0 Å². The van der Waals surface area contributed by atoms with Gasteiger partial charge in [0.25, 0.3) is 5.91 Å². The minimum Gasteiger partial charge on any atom is -0.490 e. The lowest BCUT2D eigenvalue weighted by Crippen LogP contribution is -2.55. The Morgan fingerprint density at radius 1 is 1.08 bits per heavy atom. The maximum atomic E-state index is 12.8. The van der Waals surface area contributed by atoms with Crippen LogP contribution in [0.15, 0.2) is 36.4 Å². The smallest absolute Gasteiger partial charge is 0.407 e. The van der Waals surface area contributed by atoms with Crippen molar-refractivity contribution in [1.82, 2.24) is 10.2 Å². The number of nitrogens with one attached hydrogen (secondary N) is 1. The Morgan fingerprint density at radius 2 is 1.72 bits per heavy atom. The molecule has 2 unspecified atom stereocenters. The maximum absolute atomic E-state index is 12.8. The second-order valence-electron chi connectivity index (χ2n) is 8.23. The lowest BCUT2D eigenvalue weighted by atomic mass is 9.92. The molecular formula is C25H28Cl2N2O7. The number of nitrogens with zero attached hydrogens (tertiary/aromatic N) is 1. The van der Waals surface area contributed by atoms with E-state index in [1.54, 1.807) is 43.3 Å². The number of carbonyl (C=O) groups is 3. The second-order valence-corrected chi connectivity index (χ2v) is 9.05. The fourth-order valence-electron chi connectivity index (χ4n) is 3.87. The molecule has 2 amide bonds. The van der Waals surface area contributed by atoms with Gasteiger partial charge in [-0.2, -0.15) is 0 Å². The Bertz CT molecular complexity index is 1070. The standard InChI is InChI=1S/C25H28Cl2N2O7/c1-3-34-24(31)18-14-29(25(32)33)9-8-21(18)28-23(30)16-4-6-17(7-5-16)35-10-11-36-22-19(26)12-15(2)13-20(22)27/h4-7,12-13,18,21H,3,8-11,14H2,1-2H3,(H,28,30)(H,32,33). The molecule has 2 aromatic rings. The highest BCUT2D eigenvalue weighted by molar-refractivity contribution is 6.37. The average Bonchev–Trinajstić information content (AvgIpc) is 2.83. The number of amides is 2. The predicted molar refractivity (Wildman–Crippen MR) is 134 cm³/mol. The van der Waals surface area contributed by atoms with E-state index in [1.807, 2.05) is 6.92 Å². The van der Waals surface area contributed by atoms with Crippen LogP contribution in [0.2, 0.25) is 10.0 Å². The molecule has 194 valence electrons. The fourth-order valence-corrected chi connectivity index (χ4v) is 4.57. The van der Waals surface area contributed by atoms with E-state index < -0.39 is 24.0 Å². The van der Waals surface area contributed by atoms with E-state index in [9.17, 15) is 19.5 Å². The zero-order valence-corrected chi connectivity index (χ0v) is 21.5. The van der Waals surface area contributed by atoms with E-state index >= 15 is 0 Å². The Labute approximate surface area is 219 Å². The van der Waals surface area contributed by atoms with Crippen molar-refractivity contribution in [2.75, 3.05) is 32.9 Å². The minimum atomic E-state index is -1.11. The number of piperidine rings is 1. The summed E-state index contributed by atoms with van der Waals surface area (Å²) in [5.41, 5.74) is 1.31. The summed E-state index contributed by atoms with van der Waals surface area (Å²) in [5.74, 6) is -0.758. The maximum Gasteiger partial charge on any atom is 0.407 e. The summed E-state index contributed by atoms with van der Waals surface area (Å²) in [6.45, 7) is 4.35. The Morgan fingerprint density at radius 3 is 2.33 bits per heavy atom. The van der Waals surface area contributed by atoms with Crippen LogP contribution in [0.1, 0.15) is 29.3 Å². The number of aryl methyl sites for hydroxylation is 1. The molecule has 36 heavy (non-hydrogen) atoms. The van der Waals surface area contributed by atoms with Crippen molar-refractivity contribution in [3.05, 3.63) is 57.6 Å². The molecule has 2 N–H and O–H groups in total. The van der Waals surface area contributed by atoms with Gasteiger partial charge in [0.1, 0.15) is 19.0 Å². The van der Waals surface area contributed by atoms with Crippen LogP contribution in [0.5, 0.6) is 11.5 Å². The van der Waals surface area contributed by atoms with E-state index in [0.29, 0.717) is 33.5 Å². The van der Waals surface area contributed by atoms with Gasteiger partial charge in [0, 0.05) is 24.7 Å². The number of esters is 1. The number of hydrogen-bond acceptors (Lipinski definition) is 6. The molecule has 1 heterocycles. The first-order valence-electron chi connectivity index (χ1n) is 11.5. The normalized spacial score (nSPS) is 17.3. The van der Waals surface area contributed by atoms with Gasteiger partial charge >= 0.3 is 12.1 Å². The van der Waals surface area contributed by atoms with Gasteiger partial charge in [0.05, 0.1) is 22.6 Å². The molecule has 0 saturated carbocycles. The van der Waals surface area contributed by atoms with Crippen LogP contribution >= 0.6 is 23.2 Å². The number of rotatable bonds is 9. The lowest BCUT2D eigenvalue weighted by Gasteiger charge is -2.36. The van der Waals surface area contributed by atoms with E-state index in [2.05, 4.69) is 5.32 Å². The molecule has 0 aliphatic carbocycles. The third-order valence-corrected chi connectivity index (χ3v) is 6.21. The molecule has 1 saturated heterocycles. The zero-order valence-electron chi connectivity index (χ0n) is 20.0. The van der Waals surface area contributed by atoms with Crippen LogP contribution in [-0.4, -0.2) is 66.9 Å². The summed E-state index contributed by atoms with van der Waals surface area (Å²) in [7, 11) is 0. The van der Waals surface area contributed by atoms with Crippen molar-refractivity contribution >= 4 is 41.2 Å². The molecule has 0 spiro atoms. The highest BCUT2D eigenvalue weighted by atomic mass is 35.5. The Balaban J connectivity index is 1.53. The van der Waals surface area contributed by atoms with E-state index in [4.69, 9.17) is 37.4 Å². The highest BCUT2D eigenvalue weighted by Crippen LogP contribution is 2.34. The molecule has 2 atom stereocenters. The highest BCUT2D eigenvalue weighted by Gasteiger charge is 2.38. The van der Waals surface area contributed by atoms with Crippen LogP contribution in [0, 0.1) is 12.8 Å². The van der Waals surface area contributed by atoms with Crippen molar-refractivity contribution in [1.29, 1.82) is 0 Å². The number of halogens is 2. The van der Waals surface area contributed by atoms with Gasteiger partial charge in [-0.05, 0) is 62.2 Å². The molecule has 1 fully saturated rings. The fraction of sp³-hybridized carbons (Fsp3) is 0.400. The molecule has 1 aliphatic rings.